The second-order valence-corrected chi connectivity index (χ2v) is 7.73. The number of nitrogens with zero attached hydrogens (tertiary/aromatic N) is 3. The number of benzene rings is 2. The van der Waals surface area contributed by atoms with E-state index < -0.39 is 10.0 Å². The molecule has 0 aliphatic carbocycles. The summed E-state index contributed by atoms with van der Waals surface area (Å²) in [5, 5.41) is 6.20. The summed E-state index contributed by atoms with van der Waals surface area (Å²) in [6.07, 6.45) is 1.85. The van der Waals surface area contributed by atoms with E-state index in [1.165, 1.54) is 4.31 Å². The fourth-order valence-corrected chi connectivity index (χ4v) is 3.82. The standard InChI is InChI=1S/C17H19N3O2S/c1-13-16(11-19(2)18-13)12-20(3)23(21,22)17-9-8-14-6-4-5-7-15(14)10-17/h4-11H,12H2,1-3H3. The molecule has 0 fully saturated rings. The van der Waals surface area contributed by atoms with Gasteiger partial charge in [-0.2, -0.15) is 9.40 Å². The van der Waals surface area contributed by atoms with E-state index >= 15 is 0 Å². The lowest BCUT2D eigenvalue weighted by atomic mass is 10.1. The van der Waals surface area contributed by atoms with Crippen LogP contribution in [0.2, 0.25) is 0 Å². The molecule has 1 aromatic heterocycles. The molecule has 0 bridgehead atoms. The summed E-state index contributed by atoms with van der Waals surface area (Å²) in [5.41, 5.74) is 1.74. The zero-order valence-corrected chi connectivity index (χ0v) is 14.2. The van der Waals surface area contributed by atoms with Gasteiger partial charge in [0.15, 0.2) is 0 Å². The number of fused-ring (bicyclic) bond motifs is 1. The molecule has 0 amide bonds. The highest BCUT2D eigenvalue weighted by atomic mass is 32.2. The van der Waals surface area contributed by atoms with E-state index in [0.717, 1.165) is 22.0 Å². The summed E-state index contributed by atoms with van der Waals surface area (Å²) in [5.74, 6) is 0. The van der Waals surface area contributed by atoms with E-state index in [0.29, 0.717) is 11.4 Å². The van der Waals surface area contributed by atoms with Crippen LogP contribution in [0, 0.1) is 6.92 Å². The van der Waals surface area contributed by atoms with E-state index in [1.807, 2.05) is 50.5 Å². The Labute approximate surface area is 136 Å². The van der Waals surface area contributed by atoms with Gasteiger partial charge in [0.1, 0.15) is 0 Å². The zero-order chi connectivity index (χ0) is 16.6. The van der Waals surface area contributed by atoms with Crippen molar-refractivity contribution in [3.63, 3.8) is 0 Å². The van der Waals surface area contributed by atoms with Gasteiger partial charge in [0.05, 0.1) is 10.6 Å². The number of aromatic nitrogens is 2. The van der Waals surface area contributed by atoms with Gasteiger partial charge >= 0.3 is 0 Å². The first-order valence-electron chi connectivity index (χ1n) is 7.32. The maximum absolute atomic E-state index is 12.8. The van der Waals surface area contributed by atoms with Gasteiger partial charge in [0, 0.05) is 32.4 Å². The molecule has 120 valence electrons. The minimum absolute atomic E-state index is 0.300. The highest BCUT2D eigenvalue weighted by molar-refractivity contribution is 7.89. The molecule has 0 atom stereocenters. The molecule has 3 rings (SSSR count). The van der Waals surface area contributed by atoms with Crippen molar-refractivity contribution in [2.24, 2.45) is 7.05 Å². The third-order valence-corrected chi connectivity index (χ3v) is 5.74. The SMILES string of the molecule is Cc1nn(C)cc1CN(C)S(=O)(=O)c1ccc2ccccc2c1. The van der Waals surface area contributed by atoms with Crippen molar-refractivity contribution in [1.82, 2.24) is 14.1 Å². The van der Waals surface area contributed by atoms with Crippen LogP contribution in [0.4, 0.5) is 0 Å². The minimum atomic E-state index is -3.54. The molecule has 5 nitrogen and oxygen atoms in total. The van der Waals surface area contributed by atoms with Crippen LogP contribution in [0.5, 0.6) is 0 Å². The van der Waals surface area contributed by atoms with Crippen LogP contribution in [0.15, 0.2) is 53.6 Å². The molecule has 0 aliphatic heterocycles. The van der Waals surface area contributed by atoms with Crippen LogP contribution < -0.4 is 0 Å². The number of sulfonamides is 1. The van der Waals surface area contributed by atoms with Gasteiger partial charge in [-0.05, 0) is 29.8 Å². The van der Waals surface area contributed by atoms with Crippen molar-refractivity contribution >= 4 is 20.8 Å². The van der Waals surface area contributed by atoms with Gasteiger partial charge < -0.3 is 0 Å². The summed E-state index contributed by atoms with van der Waals surface area (Å²) in [7, 11) is -0.118. The third kappa shape index (κ3) is 3.00. The second-order valence-electron chi connectivity index (χ2n) is 5.68. The van der Waals surface area contributed by atoms with Crippen LogP contribution in [0.1, 0.15) is 11.3 Å². The Hall–Kier alpha value is -2.18. The minimum Gasteiger partial charge on any atom is -0.275 e. The van der Waals surface area contributed by atoms with Gasteiger partial charge in [-0.15, -0.1) is 0 Å². The summed E-state index contributed by atoms with van der Waals surface area (Å²) in [6, 6.07) is 12.9. The number of aryl methyl sites for hydroxylation is 2. The largest absolute Gasteiger partial charge is 0.275 e. The highest BCUT2D eigenvalue weighted by Gasteiger charge is 2.22. The molecule has 23 heavy (non-hydrogen) atoms. The molecule has 0 unspecified atom stereocenters. The molecule has 0 saturated heterocycles. The van der Waals surface area contributed by atoms with E-state index in [2.05, 4.69) is 5.10 Å². The molecule has 3 aromatic rings. The maximum atomic E-state index is 12.8. The molecule has 0 spiro atoms. The molecule has 0 aliphatic rings. The lowest BCUT2D eigenvalue weighted by molar-refractivity contribution is 0.466. The van der Waals surface area contributed by atoms with E-state index in [9.17, 15) is 8.42 Å². The Morgan fingerprint density at radius 2 is 1.83 bits per heavy atom. The summed E-state index contributed by atoms with van der Waals surface area (Å²) >= 11 is 0. The predicted octanol–water partition coefficient (Wildman–Crippen LogP) is 2.70. The number of hydrogen-bond donors (Lipinski definition) is 0. The number of hydrogen-bond acceptors (Lipinski definition) is 3. The van der Waals surface area contributed by atoms with E-state index in [1.54, 1.807) is 23.9 Å². The van der Waals surface area contributed by atoms with Gasteiger partial charge in [0.25, 0.3) is 0 Å². The van der Waals surface area contributed by atoms with Crippen molar-refractivity contribution in [3.05, 3.63) is 59.9 Å². The number of rotatable bonds is 4. The first-order valence-corrected chi connectivity index (χ1v) is 8.76. The van der Waals surface area contributed by atoms with Gasteiger partial charge in [-0.25, -0.2) is 8.42 Å². The van der Waals surface area contributed by atoms with Crippen LogP contribution in [-0.2, 0) is 23.6 Å². The summed E-state index contributed by atoms with van der Waals surface area (Å²) in [6.45, 7) is 2.18. The maximum Gasteiger partial charge on any atom is 0.243 e. The van der Waals surface area contributed by atoms with Crippen molar-refractivity contribution in [2.45, 2.75) is 18.4 Å². The zero-order valence-electron chi connectivity index (χ0n) is 13.4. The molecule has 0 saturated carbocycles. The van der Waals surface area contributed by atoms with Crippen LogP contribution in [-0.4, -0.2) is 29.6 Å². The smallest absolute Gasteiger partial charge is 0.243 e. The van der Waals surface area contributed by atoms with Crippen molar-refractivity contribution in [1.29, 1.82) is 0 Å². The monoisotopic (exact) mass is 329 g/mol. The van der Waals surface area contributed by atoms with E-state index in [-0.39, 0.29) is 0 Å². The van der Waals surface area contributed by atoms with Crippen LogP contribution in [0.3, 0.4) is 0 Å². The fraction of sp³-hybridized carbons (Fsp3) is 0.235. The predicted molar refractivity (Wildman–Crippen MR) is 90.5 cm³/mol. The molecule has 1 heterocycles. The first kappa shape index (κ1) is 15.7. The van der Waals surface area contributed by atoms with Gasteiger partial charge in [0.2, 0.25) is 10.0 Å². The van der Waals surface area contributed by atoms with Gasteiger partial charge in [-0.1, -0.05) is 30.3 Å². The molecular weight excluding hydrogens is 310 g/mol. The quantitative estimate of drug-likeness (QED) is 0.739. The molecular formula is C17H19N3O2S. The Morgan fingerprint density at radius 3 is 2.48 bits per heavy atom. The topological polar surface area (TPSA) is 55.2 Å². The lowest BCUT2D eigenvalue weighted by Crippen LogP contribution is -2.26. The Bertz CT molecular complexity index is 961. The average molecular weight is 329 g/mol. The molecule has 0 radical (unpaired) electrons. The Kier molecular flexibility index (Phi) is 3.95. The highest BCUT2D eigenvalue weighted by Crippen LogP contribution is 2.22. The van der Waals surface area contributed by atoms with Crippen molar-refractivity contribution < 1.29 is 8.42 Å². The summed E-state index contributed by atoms with van der Waals surface area (Å²) in [4.78, 5) is 0.306. The first-order chi connectivity index (χ1) is 10.9. The Balaban J connectivity index is 1.94. The fourth-order valence-electron chi connectivity index (χ4n) is 2.64. The normalized spacial score (nSPS) is 12.2. The molecule has 0 N–H and O–H groups in total. The van der Waals surface area contributed by atoms with Crippen molar-refractivity contribution in [3.8, 4) is 0 Å². The lowest BCUT2D eigenvalue weighted by Gasteiger charge is -2.17. The third-order valence-electron chi connectivity index (χ3n) is 3.94. The van der Waals surface area contributed by atoms with E-state index in [4.69, 9.17) is 0 Å². The van der Waals surface area contributed by atoms with Crippen LogP contribution in [0.25, 0.3) is 10.8 Å². The average Bonchev–Trinajstić information content (AvgIpc) is 2.84. The van der Waals surface area contributed by atoms with Crippen molar-refractivity contribution in [2.75, 3.05) is 7.05 Å². The Morgan fingerprint density at radius 1 is 1.13 bits per heavy atom. The molecule has 2 aromatic carbocycles. The molecule has 6 heteroatoms. The summed E-state index contributed by atoms with van der Waals surface area (Å²) < 4.78 is 28.7. The van der Waals surface area contributed by atoms with Gasteiger partial charge in [-0.3, -0.25) is 4.68 Å². The van der Waals surface area contributed by atoms with Crippen LogP contribution >= 0.6 is 0 Å². The second kappa shape index (κ2) is 5.79.